The molecular formula is C13H8Br2N2O. The van der Waals surface area contributed by atoms with Crippen molar-refractivity contribution < 1.29 is 4.74 Å². The Bertz CT molecular complexity index is 588. The predicted octanol–water partition coefficient (Wildman–Crippen LogP) is 4.06. The van der Waals surface area contributed by atoms with Crippen LogP contribution in [0.4, 0.5) is 0 Å². The van der Waals surface area contributed by atoms with Crippen molar-refractivity contribution in [2.24, 2.45) is 0 Å². The SMILES string of the molecule is N#Cc1cc(COc2c(Br)cccc2Br)ccn1. The molecule has 18 heavy (non-hydrogen) atoms. The maximum Gasteiger partial charge on any atom is 0.148 e. The van der Waals surface area contributed by atoms with Gasteiger partial charge in [-0.15, -0.1) is 0 Å². The third-order valence-corrected chi connectivity index (χ3v) is 3.49. The fourth-order valence-corrected chi connectivity index (χ4v) is 2.63. The summed E-state index contributed by atoms with van der Waals surface area (Å²) in [5.41, 5.74) is 1.30. The molecule has 0 N–H and O–H groups in total. The first kappa shape index (κ1) is 13.1. The molecule has 1 aromatic heterocycles. The van der Waals surface area contributed by atoms with Crippen LogP contribution in [0.3, 0.4) is 0 Å². The first-order valence-corrected chi connectivity index (χ1v) is 6.71. The number of hydrogen-bond donors (Lipinski definition) is 0. The van der Waals surface area contributed by atoms with Gasteiger partial charge in [0.1, 0.15) is 24.1 Å². The van der Waals surface area contributed by atoms with Gasteiger partial charge in [-0.25, -0.2) is 4.98 Å². The van der Waals surface area contributed by atoms with E-state index < -0.39 is 0 Å². The second-order valence-corrected chi connectivity index (χ2v) is 5.21. The van der Waals surface area contributed by atoms with Crippen LogP contribution in [0, 0.1) is 11.3 Å². The van der Waals surface area contributed by atoms with Gasteiger partial charge < -0.3 is 4.74 Å². The summed E-state index contributed by atoms with van der Waals surface area (Å²) in [6.45, 7) is 0.387. The summed E-state index contributed by atoms with van der Waals surface area (Å²) >= 11 is 6.86. The Morgan fingerprint density at radius 2 is 1.94 bits per heavy atom. The van der Waals surface area contributed by atoms with Gasteiger partial charge in [0.05, 0.1) is 8.95 Å². The number of nitriles is 1. The lowest BCUT2D eigenvalue weighted by Crippen LogP contribution is -1.98. The third kappa shape index (κ3) is 3.09. The molecule has 0 amide bonds. The number of aromatic nitrogens is 1. The zero-order valence-corrected chi connectivity index (χ0v) is 12.4. The average molecular weight is 368 g/mol. The highest BCUT2D eigenvalue weighted by Crippen LogP contribution is 2.33. The van der Waals surface area contributed by atoms with Crippen LogP contribution >= 0.6 is 31.9 Å². The van der Waals surface area contributed by atoms with E-state index in [1.54, 1.807) is 12.3 Å². The molecule has 0 saturated heterocycles. The molecule has 0 saturated carbocycles. The van der Waals surface area contributed by atoms with E-state index >= 15 is 0 Å². The number of pyridine rings is 1. The molecule has 0 unspecified atom stereocenters. The summed E-state index contributed by atoms with van der Waals surface area (Å²) < 4.78 is 7.48. The highest BCUT2D eigenvalue weighted by molar-refractivity contribution is 9.11. The van der Waals surface area contributed by atoms with Crippen LogP contribution in [0.15, 0.2) is 45.5 Å². The fraction of sp³-hybridized carbons (Fsp3) is 0.0769. The summed E-state index contributed by atoms with van der Waals surface area (Å²) in [4.78, 5) is 3.91. The molecule has 3 nitrogen and oxygen atoms in total. The van der Waals surface area contributed by atoms with Gasteiger partial charge in [0.25, 0.3) is 0 Å². The lowest BCUT2D eigenvalue weighted by Gasteiger charge is -2.10. The Morgan fingerprint density at radius 3 is 2.61 bits per heavy atom. The first-order valence-electron chi connectivity index (χ1n) is 5.12. The van der Waals surface area contributed by atoms with Gasteiger partial charge in [-0.2, -0.15) is 5.26 Å². The maximum absolute atomic E-state index is 8.77. The molecule has 2 rings (SSSR count). The van der Waals surface area contributed by atoms with Crippen molar-refractivity contribution in [2.45, 2.75) is 6.61 Å². The summed E-state index contributed by atoms with van der Waals surface area (Å²) in [7, 11) is 0. The molecule has 1 heterocycles. The number of benzene rings is 1. The quantitative estimate of drug-likeness (QED) is 0.821. The van der Waals surface area contributed by atoms with Gasteiger partial charge in [0.2, 0.25) is 0 Å². The van der Waals surface area contributed by atoms with Gasteiger partial charge in [-0.3, -0.25) is 0 Å². The number of ether oxygens (including phenoxy) is 1. The molecule has 0 aliphatic heterocycles. The minimum Gasteiger partial charge on any atom is -0.487 e. The normalized spacial score (nSPS) is 9.83. The molecule has 1 aromatic carbocycles. The summed E-state index contributed by atoms with van der Waals surface area (Å²) in [6.07, 6.45) is 1.60. The molecule has 0 fully saturated rings. The molecule has 0 atom stereocenters. The summed E-state index contributed by atoms with van der Waals surface area (Å²) in [5, 5.41) is 8.77. The van der Waals surface area contributed by atoms with E-state index in [0.717, 1.165) is 20.3 Å². The zero-order valence-electron chi connectivity index (χ0n) is 9.23. The molecule has 2 aromatic rings. The van der Waals surface area contributed by atoms with E-state index in [2.05, 4.69) is 36.8 Å². The lowest BCUT2D eigenvalue weighted by molar-refractivity contribution is 0.302. The number of para-hydroxylation sites is 1. The number of halogens is 2. The number of rotatable bonds is 3. The van der Waals surface area contributed by atoms with Crippen molar-refractivity contribution in [1.29, 1.82) is 5.26 Å². The monoisotopic (exact) mass is 366 g/mol. The van der Waals surface area contributed by atoms with Crippen LogP contribution in [0.5, 0.6) is 5.75 Å². The minimum atomic E-state index is 0.387. The topological polar surface area (TPSA) is 45.9 Å². The van der Waals surface area contributed by atoms with Crippen molar-refractivity contribution in [3.8, 4) is 11.8 Å². The highest BCUT2D eigenvalue weighted by Gasteiger charge is 2.06. The summed E-state index contributed by atoms with van der Waals surface area (Å²) in [5.74, 6) is 0.743. The van der Waals surface area contributed by atoms with Crippen molar-refractivity contribution in [1.82, 2.24) is 4.98 Å². The van der Waals surface area contributed by atoms with E-state index in [0.29, 0.717) is 12.3 Å². The molecule has 90 valence electrons. The van der Waals surface area contributed by atoms with Crippen LogP contribution < -0.4 is 4.74 Å². The Hall–Kier alpha value is -1.38. The Labute approximate surface area is 122 Å². The van der Waals surface area contributed by atoms with E-state index in [-0.39, 0.29) is 0 Å². The van der Waals surface area contributed by atoms with Crippen LogP contribution in [-0.2, 0) is 6.61 Å². The second kappa shape index (κ2) is 5.98. The Morgan fingerprint density at radius 1 is 1.22 bits per heavy atom. The van der Waals surface area contributed by atoms with E-state index in [9.17, 15) is 0 Å². The zero-order chi connectivity index (χ0) is 13.0. The van der Waals surface area contributed by atoms with Crippen LogP contribution in [0.1, 0.15) is 11.3 Å². The largest absolute Gasteiger partial charge is 0.487 e. The maximum atomic E-state index is 8.77. The fourth-order valence-electron chi connectivity index (χ4n) is 1.40. The lowest BCUT2D eigenvalue weighted by atomic mass is 10.2. The van der Waals surface area contributed by atoms with E-state index in [1.165, 1.54) is 0 Å². The van der Waals surface area contributed by atoms with Gasteiger partial charge in [0, 0.05) is 6.20 Å². The molecule has 0 aliphatic carbocycles. The van der Waals surface area contributed by atoms with Crippen molar-refractivity contribution in [2.75, 3.05) is 0 Å². The van der Waals surface area contributed by atoms with Crippen molar-refractivity contribution in [3.05, 3.63) is 56.7 Å². The number of hydrogen-bond acceptors (Lipinski definition) is 3. The first-order chi connectivity index (χ1) is 8.70. The standard InChI is InChI=1S/C13H8Br2N2O/c14-11-2-1-3-12(15)13(11)18-8-9-4-5-17-10(6-9)7-16/h1-6H,8H2. The molecular weight excluding hydrogens is 360 g/mol. The van der Waals surface area contributed by atoms with E-state index in [1.807, 2.05) is 30.3 Å². The van der Waals surface area contributed by atoms with E-state index in [4.69, 9.17) is 10.00 Å². The van der Waals surface area contributed by atoms with Gasteiger partial charge in [0.15, 0.2) is 0 Å². The predicted molar refractivity (Wildman–Crippen MR) is 75.1 cm³/mol. The van der Waals surface area contributed by atoms with Gasteiger partial charge in [-0.05, 0) is 61.7 Å². The Kier molecular flexibility index (Phi) is 4.34. The van der Waals surface area contributed by atoms with Crippen LogP contribution in [-0.4, -0.2) is 4.98 Å². The van der Waals surface area contributed by atoms with Gasteiger partial charge in [-0.1, -0.05) is 6.07 Å². The molecule has 0 spiro atoms. The average Bonchev–Trinajstić information content (AvgIpc) is 2.38. The van der Waals surface area contributed by atoms with Crippen molar-refractivity contribution in [3.63, 3.8) is 0 Å². The van der Waals surface area contributed by atoms with Crippen LogP contribution in [0.25, 0.3) is 0 Å². The smallest absolute Gasteiger partial charge is 0.148 e. The second-order valence-electron chi connectivity index (χ2n) is 3.50. The summed E-state index contributed by atoms with van der Waals surface area (Å²) in [6, 6.07) is 11.3. The third-order valence-electron chi connectivity index (χ3n) is 2.24. The molecule has 5 heteroatoms. The molecule has 0 bridgehead atoms. The van der Waals surface area contributed by atoms with Gasteiger partial charge >= 0.3 is 0 Å². The van der Waals surface area contributed by atoms with Crippen molar-refractivity contribution >= 4 is 31.9 Å². The highest BCUT2D eigenvalue weighted by atomic mass is 79.9. The number of nitrogens with zero attached hydrogens (tertiary/aromatic N) is 2. The minimum absolute atomic E-state index is 0.387. The molecule has 0 aliphatic rings. The molecule has 0 radical (unpaired) electrons. The Balaban J connectivity index is 2.14. The van der Waals surface area contributed by atoms with Crippen LogP contribution in [0.2, 0.25) is 0 Å².